The highest BCUT2D eigenvalue weighted by Gasteiger charge is 2.23. The number of carbonyl (C=O) groups excluding carboxylic acids is 1. The van der Waals surface area contributed by atoms with Crippen LogP contribution in [0.3, 0.4) is 0 Å². The van der Waals surface area contributed by atoms with E-state index in [9.17, 15) is 4.79 Å². The lowest BCUT2D eigenvalue weighted by Crippen LogP contribution is -2.40. The number of benzene rings is 2. The fraction of sp³-hybridized carbons (Fsp3) is 0.389. The van der Waals surface area contributed by atoms with Crippen LogP contribution >= 0.6 is 0 Å². The molecule has 3 heteroatoms. The van der Waals surface area contributed by atoms with Gasteiger partial charge in [0.05, 0.1) is 0 Å². The molecule has 1 aliphatic rings. The first kappa shape index (κ1) is 14.1. The van der Waals surface area contributed by atoms with Crippen LogP contribution in [0.5, 0.6) is 0 Å². The summed E-state index contributed by atoms with van der Waals surface area (Å²) in [5.41, 5.74) is 0.745. The van der Waals surface area contributed by atoms with E-state index in [0.29, 0.717) is 6.04 Å². The van der Waals surface area contributed by atoms with Crippen molar-refractivity contribution in [3.63, 3.8) is 0 Å². The highest BCUT2D eigenvalue weighted by atomic mass is 16.1. The Morgan fingerprint density at radius 1 is 1.24 bits per heavy atom. The number of amides is 1. The highest BCUT2D eigenvalue weighted by Crippen LogP contribution is 2.17. The van der Waals surface area contributed by atoms with Gasteiger partial charge < -0.3 is 5.32 Å². The molecule has 1 fully saturated rings. The number of fused-ring (bicyclic) bond motifs is 1. The van der Waals surface area contributed by atoms with Gasteiger partial charge in [0.1, 0.15) is 0 Å². The zero-order chi connectivity index (χ0) is 14.7. The molecular weight excluding hydrogens is 260 g/mol. The van der Waals surface area contributed by atoms with Gasteiger partial charge >= 0.3 is 0 Å². The largest absolute Gasteiger partial charge is 0.350 e. The number of likely N-dealkylation sites (N-methyl/N-ethyl adjacent to an activating group) is 1. The molecule has 0 unspecified atom stereocenters. The Balaban J connectivity index is 1.66. The monoisotopic (exact) mass is 282 g/mol. The number of hydrogen-bond acceptors (Lipinski definition) is 2. The third-order valence-corrected chi connectivity index (χ3v) is 4.42. The second-order valence-electron chi connectivity index (χ2n) is 5.70. The van der Waals surface area contributed by atoms with Crippen molar-refractivity contribution < 1.29 is 4.79 Å². The molecule has 110 valence electrons. The van der Waals surface area contributed by atoms with Crippen LogP contribution < -0.4 is 5.32 Å². The van der Waals surface area contributed by atoms with Crippen molar-refractivity contribution >= 4 is 16.7 Å². The maximum Gasteiger partial charge on any atom is 0.251 e. The lowest BCUT2D eigenvalue weighted by atomic mass is 10.1. The Hall–Kier alpha value is -1.87. The van der Waals surface area contributed by atoms with E-state index < -0.39 is 0 Å². The second kappa shape index (κ2) is 6.27. The van der Waals surface area contributed by atoms with Crippen molar-refractivity contribution in [2.45, 2.75) is 25.8 Å². The van der Waals surface area contributed by atoms with Crippen LogP contribution in [0.2, 0.25) is 0 Å². The van der Waals surface area contributed by atoms with E-state index in [1.54, 1.807) is 0 Å². The quantitative estimate of drug-likeness (QED) is 0.934. The summed E-state index contributed by atoms with van der Waals surface area (Å²) in [6.07, 6.45) is 2.43. The Kier molecular flexibility index (Phi) is 4.20. The fourth-order valence-corrected chi connectivity index (χ4v) is 3.19. The molecule has 0 aliphatic carbocycles. The van der Waals surface area contributed by atoms with Crippen molar-refractivity contribution in [2.24, 2.45) is 0 Å². The topological polar surface area (TPSA) is 32.3 Å². The maximum atomic E-state index is 12.3. The van der Waals surface area contributed by atoms with Crippen molar-refractivity contribution in [1.82, 2.24) is 10.2 Å². The van der Waals surface area contributed by atoms with Crippen LogP contribution in [0.15, 0.2) is 42.5 Å². The second-order valence-corrected chi connectivity index (χ2v) is 5.70. The van der Waals surface area contributed by atoms with Gasteiger partial charge in [-0.15, -0.1) is 0 Å². The molecular formula is C18H22N2O. The molecule has 1 atom stereocenters. The summed E-state index contributed by atoms with van der Waals surface area (Å²) in [5, 5.41) is 5.37. The molecule has 0 aromatic heterocycles. The molecule has 1 saturated heterocycles. The third kappa shape index (κ3) is 3.08. The summed E-state index contributed by atoms with van der Waals surface area (Å²) >= 11 is 0. The Bertz CT molecular complexity index is 638. The number of hydrogen-bond donors (Lipinski definition) is 1. The van der Waals surface area contributed by atoms with E-state index in [1.807, 2.05) is 36.4 Å². The minimum absolute atomic E-state index is 0.0312. The first-order valence-electron chi connectivity index (χ1n) is 7.79. The van der Waals surface area contributed by atoms with Gasteiger partial charge in [-0.1, -0.05) is 37.3 Å². The van der Waals surface area contributed by atoms with E-state index in [0.717, 1.165) is 30.6 Å². The Morgan fingerprint density at radius 3 is 2.86 bits per heavy atom. The fourth-order valence-electron chi connectivity index (χ4n) is 3.19. The minimum Gasteiger partial charge on any atom is -0.350 e. The van der Waals surface area contributed by atoms with Gasteiger partial charge in [0.25, 0.3) is 5.91 Å². The average molecular weight is 282 g/mol. The SMILES string of the molecule is CCN1CCC[C@@H]1CNC(=O)c1ccc2ccccc2c1. The predicted octanol–water partition coefficient (Wildman–Crippen LogP) is 3.05. The van der Waals surface area contributed by atoms with Crippen LogP contribution in [0.1, 0.15) is 30.1 Å². The molecule has 0 saturated carbocycles. The molecule has 2 aromatic rings. The number of nitrogens with one attached hydrogen (secondary N) is 1. The van der Waals surface area contributed by atoms with Crippen LogP contribution in [0, 0.1) is 0 Å². The molecule has 1 heterocycles. The normalized spacial score (nSPS) is 19.0. The van der Waals surface area contributed by atoms with Crippen molar-refractivity contribution in [1.29, 1.82) is 0 Å². The smallest absolute Gasteiger partial charge is 0.251 e. The number of rotatable bonds is 4. The molecule has 0 spiro atoms. The van der Waals surface area contributed by atoms with Gasteiger partial charge in [0.15, 0.2) is 0 Å². The summed E-state index contributed by atoms with van der Waals surface area (Å²) in [5.74, 6) is 0.0312. The molecule has 2 aromatic carbocycles. The number of carbonyl (C=O) groups is 1. The van der Waals surface area contributed by atoms with Gasteiger partial charge in [-0.2, -0.15) is 0 Å². The van der Waals surface area contributed by atoms with Crippen LogP contribution in [0.25, 0.3) is 10.8 Å². The van der Waals surface area contributed by atoms with Gasteiger partial charge in [0, 0.05) is 18.2 Å². The van der Waals surface area contributed by atoms with Crippen molar-refractivity contribution in [3.05, 3.63) is 48.0 Å². The molecule has 3 nitrogen and oxygen atoms in total. The lowest BCUT2D eigenvalue weighted by Gasteiger charge is -2.22. The number of likely N-dealkylation sites (tertiary alicyclic amines) is 1. The van der Waals surface area contributed by atoms with Gasteiger partial charge in [-0.25, -0.2) is 0 Å². The summed E-state index contributed by atoms with van der Waals surface area (Å²) < 4.78 is 0. The predicted molar refractivity (Wildman–Crippen MR) is 86.6 cm³/mol. The first-order chi connectivity index (χ1) is 10.3. The van der Waals surface area contributed by atoms with Crippen LogP contribution in [0.4, 0.5) is 0 Å². The van der Waals surface area contributed by atoms with Crippen LogP contribution in [-0.2, 0) is 0 Å². The standard InChI is InChI=1S/C18H22N2O/c1-2-20-11-5-8-17(20)13-19-18(21)16-10-9-14-6-3-4-7-15(14)12-16/h3-4,6-7,9-10,12,17H,2,5,8,11,13H2,1H3,(H,19,21)/t17-/m1/s1. The van der Waals surface area contributed by atoms with Gasteiger partial charge in [0.2, 0.25) is 0 Å². The van der Waals surface area contributed by atoms with Crippen LogP contribution in [-0.4, -0.2) is 36.5 Å². The molecule has 1 amide bonds. The summed E-state index contributed by atoms with van der Waals surface area (Å²) in [7, 11) is 0. The minimum atomic E-state index is 0.0312. The first-order valence-corrected chi connectivity index (χ1v) is 7.79. The zero-order valence-corrected chi connectivity index (χ0v) is 12.5. The Morgan fingerprint density at radius 2 is 2.05 bits per heavy atom. The lowest BCUT2D eigenvalue weighted by molar-refractivity contribution is 0.0941. The van der Waals surface area contributed by atoms with Crippen molar-refractivity contribution in [2.75, 3.05) is 19.6 Å². The molecule has 0 radical (unpaired) electrons. The molecule has 1 N–H and O–H groups in total. The molecule has 21 heavy (non-hydrogen) atoms. The van der Waals surface area contributed by atoms with Gasteiger partial charge in [-0.05, 0) is 48.8 Å². The zero-order valence-electron chi connectivity index (χ0n) is 12.5. The van der Waals surface area contributed by atoms with Gasteiger partial charge in [-0.3, -0.25) is 9.69 Å². The average Bonchev–Trinajstić information content (AvgIpc) is 2.99. The Labute approximate surface area is 125 Å². The summed E-state index contributed by atoms with van der Waals surface area (Å²) in [6.45, 7) is 5.16. The molecule has 1 aliphatic heterocycles. The van der Waals surface area contributed by atoms with E-state index in [1.165, 1.54) is 18.2 Å². The van der Waals surface area contributed by atoms with E-state index in [2.05, 4.69) is 23.2 Å². The number of nitrogens with zero attached hydrogens (tertiary/aromatic N) is 1. The molecule has 3 rings (SSSR count). The third-order valence-electron chi connectivity index (χ3n) is 4.42. The maximum absolute atomic E-state index is 12.3. The van der Waals surface area contributed by atoms with Crippen molar-refractivity contribution in [3.8, 4) is 0 Å². The molecule has 0 bridgehead atoms. The highest BCUT2D eigenvalue weighted by molar-refractivity contribution is 5.98. The summed E-state index contributed by atoms with van der Waals surface area (Å²) in [6, 6.07) is 14.5. The van der Waals surface area contributed by atoms with E-state index >= 15 is 0 Å². The van der Waals surface area contributed by atoms with E-state index in [4.69, 9.17) is 0 Å². The summed E-state index contributed by atoms with van der Waals surface area (Å²) in [4.78, 5) is 14.8. The van der Waals surface area contributed by atoms with E-state index in [-0.39, 0.29) is 5.91 Å².